The van der Waals surface area contributed by atoms with Crippen LogP contribution in [0.3, 0.4) is 0 Å². The maximum absolute atomic E-state index is 12.2. The highest BCUT2D eigenvalue weighted by Crippen LogP contribution is 2.17. The van der Waals surface area contributed by atoms with Crippen molar-refractivity contribution in [3.8, 4) is 5.82 Å². The molecule has 2 heterocycles. The smallest absolute Gasteiger partial charge is 0.228 e. The Bertz CT molecular complexity index is 1010. The second-order valence-electron chi connectivity index (χ2n) is 6.34. The van der Waals surface area contributed by atoms with Crippen molar-refractivity contribution in [2.75, 3.05) is 5.32 Å². The Morgan fingerprint density at radius 1 is 1.15 bits per heavy atom. The molecule has 0 spiro atoms. The molecule has 7 nitrogen and oxygen atoms in total. The van der Waals surface area contributed by atoms with Crippen molar-refractivity contribution in [1.29, 1.82) is 0 Å². The third-order valence-corrected chi connectivity index (χ3v) is 6.21. The molecule has 3 aromatic rings. The Hall–Kier alpha value is -3.00. The van der Waals surface area contributed by atoms with Gasteiger partial charge in [-0.25, -0.2) is 18.4 Å². The fourth-order valence-corrected chi connectivity index (χ4v) is 3.53. The third-order valence-electron chi connectivity index (χ3n) is 4.04. The fraction of sp³-hybridized carbons (Fsp3) is 0.211. The molecule has 0 aliphatic rings. The second kappa shape index (κ2) is 7.71. The molecule has 1 amide bonds. The van der Waals surface area contributed by atoms with E-state index in [2.05, 4.69) is 15.3 Å². The highest BCUT2D eigenvalue weighted by atomic mass is 32.2. The van der Waals surface area contributed by atoms with Crippen molar-refractivity contribution in [3.63, 3.8) is 0 Å². The van der Waals surface area contributed by atoms with Gasteiger partial charge in [0, 0.05) is 12.4 Å². The predicted octanol–water partition coefficient (Wildman–Crippen LogP) is 2.63. The van der Waals surface area contributed by atoms with Gasteiger partial charge in [-0.05, 0) is 43.7 Å². The van der Waals surface area contributed by atoms with Crippen molar-refractivity contribution in [3.05, 3.63) is 66.9 Å². The zero-order chi connectivity index (χ0) is 19.4. The number of anilines is 1. The number of benzene rings is 1. The van der Waals surface area contributed by atoms with Gasteiger partial charge in [0.2, 0.25) is 5.91 Å². The van der Waals surface area contributed by atoms with Crippen LogP contribution in [0, 0.1) is 0 Å². The molecule has 0 aliphatic carbocycles. The summed E-state index contributed by atoms with van der Waals surface area (Å²) in [6.07, 6.45) is 6.80. The number of nitrogens with zero attached hydrogens (tertiary/aromatic N) is 3. The minimum absolute atomic E-state index is 0.144. The van der Waals surface area contributed by atoms with Crippen LogP contribution in [0.5, 0.6) is 0 Å². The summed E-state index contributed by atoms with van der Waals surface area (Å²) < 4.78 is 26.0. The van der Waals surface area contributed by atoms with E-state index < -0.39 is 15.1 Å². The first-order valence-corrected chi connectivity index (χ1v) is 9.98. The van der Waals surface area contributed by atoms with Gasteiger partial charge in [-0.3, -0.25) is 9.36 Å². The maximum Gasteiger partial charge on any atom is 0.228 e. The third kappa shape index (κ3) is 4.40. The normalized spacial score (nSPS) is 11.5. The number of sulfone groups is 1. The Morgan fingerprint density at radius 2 is 1.89 bits per heavy atom. The van der Waals surface area contributed by atoms with E-state index in [0.29, 0.717) is 11.5 Å². The summed E-state index contributed by atoms with van der Waals surface area (Å²) in [6, 6.07) is 9.95. The Balaban J connectivity index is 1.62. The number of imidazole rings is 1. The van der Waals surface area contributed by atoms with E-state index in [1.54, 1.807) is 79.7 Å². The van der Waals surface area contributed by atoms with E-state index in [1.165, 1.54) is 0 Å². The van der Waals surface area contributed by atoms with E-state index in [4.69, 9.17) is 0 Å². The summed E-state index contributed by atoms with van der Waals surface area (Å²) in [5.41, 5.74) is 1.32. The lowest BCUT2D eigenvalue weighted by molar-refractivity contribution is -0.115. The standard InChI is InChI=1S/C19H20N4O3S/c1-14(2)27(25,26)17-6-3-15(4-7-17)11-19(24)22-16-5-8-18(21-12-16)23-10-9-20-13-23/h3-10,12-14H,11H2,1-2H3,(H,22,24). The SMILES string of the molecule is CC(C)S(=O)(=O)c1ccc(CC(=O)Nc2ccc(-n3ccnc3)nc2)cc1. The lowest BCUT2D eigenvalue weighted by Crippen LogP contribution is -2.16. The maximum atomic E-state index is 12.2. The highest BCUT2D eigenvalue weighted by Gasteiger charge is 2.18. The van der Waals surface area contributed by atoms with Gasteiger partial charge in [-0.2, -0.15) is 0 Å². The van der Waals surface area contributed by atoms with Crippen LogP contribution in [0.25, 0.3) is 5.82 Å². The van der Waals surface area contributed by atoms with Crippen molar-refractivity contribution < 1.29 is 13.2 Å². The topological polar surface area (TPSA) is 94.0 Å². The van der Waals surface area contributed by atoms with Gasteiger partial charge in [0.15, 0.2) is 9.84 Å². The molecule has 1 aromatic carbocycles. The largest absolute Gasteiger partial charge is 0.324 e. The zero-order valence-corrected chi connectivity index (χ0v) is 15.8. The van der Waals surface area contributed by atoms with Crippen molar-refractivity contribution in [2.45, 2.75) is 30.4 Å². The van der Waals surface area contributed by atoms with Crippen molar-refractivity contribution >= 4 is 21.4 Å². The lowest BCUT2D eigenvalue weighted by atomic mass is 10.1. The van der Waals surface area contributed by atoms with Crippen LogP contribution in [0.2, 0.25) is 0 Å². The summed E-state index contributed by atoms with van der Waals surface area (Å²) in [7, 11) is -3.31. The minimum Gasteiger partial charge on any atom is -0.324 e. The molecule has 0 fully saturated rings. The van der Waals surface area contributed by atoms with Gasteiger partial charge in [-0.15, -0.1) is 0 Å². The van der Waals surface area contributed by atoms with E-state index in [9.17, 15) is 13.2 Å². The van der Waals surface area contributed by atoms with Gasteiger partial charge in [-0.1, -0.05) is 12.1 Å². The van der Waals surface area contributed by atoms with Crippen LogP contribution in [0.1, 0.15) is 19.4 Å². The number of nitrogens with one attached hydrogen (secondary N) is 1. The summed E-state index contributed by atoms with van der Waals surface area (Å²) >= 11 is 0. The molecular weight excluding hydrogens is 364 g/mol. The highest BCUT2D eigenvalue weighted by molar-refractivity contribution is 7.92. The fourth-order valence-electron chi connectivity index (χ4n) is 2.47. The molecule has 0 aliphatic heterocycles. The van der Waals surface area contributed by atoms with Crippen LogP contribution in [-0.2, 0) is 21.1 Å². The number of hydrogen-bond donors (Lipinski definition) is 1. The molecule has 0 bridgehead atoms. The van der Waals surface area contributed by atoms with Crippen molar-refractivity contribution in [1.82, 2.24) is 14.5 Å². The lowest BCUT2D eigenvalue weighted by Gasteiger charge is -2.09. The molecule has 0 saturated heterocycles. The zero-order valence-electron chi connectivity index (χ0n) is 15.0. The first-order chi connectivity index (χ1) is 12.9. The van der Waals surface area contributed by atoms with Crippen molar-refractivity contribution in [2.24, 2.45) is 0 Å². The van der Waals surface area contributed by atoms with E-state index in [1.807, 2.05) is 0 Å². The summed E-state index contributed by atoms with van der Waals surface area (Å²) in [6.45, 7) is 3.28. The van der Waals surface area contributed by atoms with Gasteiger partial charge in [0.1, 0.15) is 12.1 Å². The first-order valence-electron chi connectivity index (χ1n) is 8.43. The van der Waals surface area contributed by atoms with Gasteiger partial charge >= 0.3 is 0 Å². The summed E-state index contributed by atoms with van der Waals surface area (Å²) in [5, 5.41) is 2.30. The van der Waals surface area contributed by atoms with Crippen LogP contribution in [0.15, 0.2) is 66.2 Å². The monoisotopic (exact) mass is 384 g/mol. The van der Waals surface area contributed by atoms with E-state index in [-0.39, 0.29) is 17.2 Å². The average Bonchev–Trinajstić information content (AvgIpc) is 3.17. The molecule has 140 valence electrons. The molecule has 27 heavy (non-hydrogen) atoms. The molecule has 2 aromatic heterocycles. The number of carbonyl (C=O) groups is 1. The average molecular weight is 384 g/mol. The van der Waals surface area contributed by atoms with Crippen LogP contribution in [-0.4, -0.2) is 34.1 Å². The van der Waals surface area contributed by atoms with Crippen LogP contribution < -0.4 is 5.32 Å². The molecule has 3 rings (SSSR count). The Kier molecular flexibility index (Phi) is 5.36. The molecular formula is C19H20N4O3S. The molecule has 0 saturated carbocycles. The van der Waals surface area contributed by atoms with Crippen LogP contribution in [0.4, 0.5) is 5.69 Å². The summed E-state index contributed by atoms with van der Waals surface area (Å²) in [4.78, 5) is 20.7. The molecule has 0 unspecified atom stereocenters. The second-order valence-corrected chi connectivity index (χ2v) is 8.84. The van der Waals surface area contributed by atoms with Gasteiger partial charge in [0.05, 0.1) is 28.5 Å². The van der Waals surface area contributed by atoms with Gasteiger partial charge < -0.3 is 5.32 Å². The number of rotatable bonds is 6. The number of pyridine rings is 1. The summed E-state index contributed by atoms with van der Waals surface area (Å²) in [5.74, 6) is 0.499. The first kappa shape index (κ1) is 18.8. The molecule has 1 N–H and O–H groups in total. The molecule has 0 atom stereocenters. The number of amides is 1. The number of carbonyl (C=O) groups excluding carboxylic acids is 1. The Morgan fingerprint density at radius 3 is 2.44 bits per heavy atom. The molecule has 8 heteroatoms. The minimum atomic E-state index is -3.31. The number of aromatic nitrogens is 3. The number of hydrogen-bond acceptors (Lipinski definition) is 5. The van der Waals surface area contributed by atoms with Crippen LogP contribution >= 0.6 is 0 Å². The van der Waals surface area contributed by atoms with E-state index >= 15 is 0 Å². The van der Waals surface area contributed by atoms with E-state index in [0.717, 1.165) is 5.56 Å². The van der Waals surface area contributed by atoms with Gasteiger partial charge in [0.25, 0.3) is 0 Å². The Labute approximate surface area is 158 Å². The quantitative estimate of drug-likeness (QED) is 0.705. The molecule has 0 radical (unpaired) electrons. The predicted molar refractivity (Wildman–Crippen MR) is 102 cm³/mol.